The van der Waals surface area contributed by atoms with Crippen LogP contribution in [0.15, 0.2) is 33.5 Å². The predicted molar refractivity (Wildman–Crippen MR) is 68.1 cm³/mol. The molecule has 0 saturated carbocycles. The minimum Gasteiger partial charge on any atom is -0.494 e. The van der Waals surface area contributed by atoms with Crippen molar-refractivity contribution in [3.8, 4) is 5.75 Å². The van der Waals surface area contributed by atoms with Crippen molar-refractivity contribution in [2.24, 2.45) is 0 Å². The van der Waals surface area contributed by atoms with E-state index < -0.39 is 11.5 Å². The molecule has 0 aliphatic rings. The Morgan fingerprint density at radius 3 is 2.84 bits per heavy atom. The van der Waals surface area contributed by atoms with Crippen molar-refractivity contribution in [3.05, 3.63) is 40.2 Å². The van der Waals surface area contributed by atoms with Crippen molar-refractivity contribution < 1.29 is 18.8 Å². The minimum absolute atomic E-state index is 0.112. The molecular weight excluding hydrogens is 250 g/mol. The number of hydroxylamine groups is 1. The molecule has 0 unspecified atom stereocenters. The third kappa shape index (κ3) is 2.74. The number of hydrogen-bond donors (Lipinski definition) is 1. The molecule has 19 heavy (non-hydrogen) atoms. The van der Waals surface area contributed by atoms with Gasteiger partial charge in [0.1, 0.15) is 16.9 Å². The van der Waals surface area contributed by atoms with Gasteiger partial charge in [-0.1, -0.05) is 0 Å². The molecule has 0 bridgehead atoms. The summed E-state index contributed by atoms with van der Waals surface area (Å²) >= 11 is 0. The van der Waals surface area contributed by atoms with E-state index in [4.69, 9.17) is 9.15 Å². The Balaban J connectivity index is 2.49. The lowest BCUT2D eigenvalue weighted by atomic mass is 10.2. The lowest BCUT2D eigenvalue weighted by molar-refractivity contribution is 0.0534. The van der Waals surface area contributed by atoms with Gasteiger partial charge in [-0.2, -0.15) is 0 Å². The molecule has 0 radical (unpaired) electrons. The first-order chi connectivity index (χ1) is 9.15. The Kier molecular flexibility index (Phi) is 3.82. The van der Waals surface area contributed by atoms with E-state index in [1.54, 1.807) is 18.2 Å². The first kappa shape index (κ1) is 13.1. The Hall–Kier alpha value is -2.34. The van der Waals surface area contributed by atoms with E-state index in [2.05, 4.69) is 10.3 Å². The van der Waals surface area contributed by atoms with Gasteiger partial charge in [-0.05, 0) is 25.1 Å². The van der Waals surface area contributed by atoms with Gasteiger partial charge >= 0.3 is 5.63 Å². The summed E-state index contributed by atoms with van der Waals surface area (Å²) in [5.74, 6) is -0.0423. The largest absolute Gasteiger partial charge is 0.494 e. The zero-order valence-corrected chi connectivity index (χ0v) is 10.6. The van der Waals surface area contributed by atoms with E-state index in [0.29, 0.717) is 23.3 Å². The van der Waals surface area contributed by atoms with Crippen LogP contribution in [0.25, 0.3) is 11.0 Å². The molecule has 0 saturated heterocycles. The van der Waals surface area contributed by atoms with Crippen molar-refractivity contribution in [2.45, 2.75) is 6.92 Å². The third-order valence-corrected chi connectivity index (χ3v) is 2.46. The van der Waals surface area contributed by atoms with Crippen LogP contribution < -0.4 is 15.8 Å². The maximum atomic E-state index is 11.7. The second-order valence-electron chi connectivity index (χ2n) is 3.72. The Bertz CT molecular complexity index is 662. The molecule has 0 aliphatic heterocycles. The fourth-order valence-corrected chi connectivity index (χ4v) is 1.65. The van der Waals surface area contributed by atoms with Crippen LogP contribution in [-0.2, 0) is 4.84 Å². The highest BCUT2D eigenvalue weighted by molar-refractivity contribution is 5.96. The zero-order chi connectivity index (χ0) is 13.8. The second-order valence-corrected chi connectivity index (χ2v) is 3.72. The summed E-state index contributed by atoms with van der Waals surface area (Å²) in [7, 11) is 1.29. The number of carbonyl (C=O) groups excluding carboxylic acids is 1. The van der Waals surface area contributed by atoms with Gasteiger partial charge < -0.3 is 9.15 Å². The Labute approximate surface area is 108 Å². The van der Waals surface area contributed by atoms with E-state index in [1.165, 1.54) is 13.2 Å². The van der Waals surface area contributed by atoms with Crippen LogP contribution in [0.5, 0.6) is 5.75 Å². The molecule has 100 valence electrons. The molecule has 1 aromatic heterocycles. The summed E-state index contributed by atoms with van der Waals surface area (Å²) in [5.41, 5.74) is 1.60. The Morgan fingerprint density at radius 2 is 2.16 bits per heavy atom. The molecule has 1 N–H and O–H groups in total. The summed E-state index contributed by atoms with van der Waals surface area (Å²) in [4.78, 5) is 27.7. The summed E-state index contributed by atoms with van der Waals surface area (Å²) in [5, 5.41) is 0.629. The number of hydrogen-bond acceptors (Lipinski definition) is 5. The number of ether oxygens (including phenoxy) is 1. The van der Waals surface area contributed by atoms with Crippen LogP contribution in [0.3, 0.4) is 0 Å². The van der Waals surface area contributed by atoms with Crippen LogP contribution in [0, 0.1) is 0 Å². The molecule has 0 fully saturated rings. The molecule has 1 amide bonds. The first-order valence-electron chi connectivity index (χ1n) is 5.69. The number of nitrogens with one attached hydrogen (secondary N) is 1. The smallest absolute Gasteiger partial charge is 0.349 e. The van der Waals surface area contributed by atoms with E-state index in [0.717, 1.165) is 0 Å². The van der Waals surface area contributed by atoms with Crippen molar-refractivity contribution in [1.82, 2.24) is 5.48 Å². The molecule has 0 aliphatic carbocycles. The van der Waals surface area contributed by atoms with Gasteiger partial charge in [-0.25, -0.2) is 10.3 Å². The fourth-order valence-electron chi connectivity index (χ4n) is 1.65. The van der Waals surface area contributed by atoms with Crippen LogP contribution in [0.4, 0.5) is 0 Å². The molecule has 6 heteroatoms. The SMILES string of the molecule is CCOc1ccc2cc(C(=O)NOC)c(=O)oc2c1. The quantitative estimate of drug-likeness (QED) is 0.667. The Morgan fingerprint density at radius 1 is 1.37 bits per heavy atom. The van der Waals surface area contributed by atoms with Crippen molar-refractivity contribution in [2.75, 3.05) is 13.7 Å². The van der Waals surface area contributed by atoms with Gasteiger partial charge in [-0.3, -0.25) is 9.63 Å². The van der Waals surface area contributed by atoms with Crippen molar-refractivity contribution >= 4 is 16.9 Å². The second kappa shape index (κ2) is 5.53. The number of amides is 1. The highest BCUT2D eigenvalue weighted by Gasteiger charge is 2.13. The molecule has 1 heterocycles. The average molecular weight is 263 g/mol. The van der Waals surface area contributed by atoms with E-state index in [1.807, 2.05) is 6.92 Å². The summed E-state index contributed by atoms with van der Waals surface area (Å²) in [6, 6.07) is 6.51. The van der Waals surface area contributed by atoms with Gasteiger partial charge in [0.15, 0.2) is 0 Å². The van der Waals surface area contributed by atoms with Gasteiger partial charge in [0, 0.05) is 11.5 Å². The molecule has 2 aromatic rings. The lowest BCUT2D eigenvalue weighted by Gasteiger charge is -2.05. The number of rotatable bonds is 4. The van der Waals surface area contributed by atoms with Crippen LogP contribution >= 0.6 is 0 Å². The first-order valence-corrected chi connectivity index (χ1v) is 5.69. The van der Waals surface area contributed by atoms with E-state index in [9.17, 15) is 9.59 Å². The molecule has 0 spiro atoms. The van der Waals surface area contributed by atoms with E-state index >= 15 is 0 Å². The highest BCUT2D eigenvalue weighted by Crippen LogP contribution is 2.20. The lowest BCUT2D eigenvalue weighted by Crippen LogP contribution is -2.27. The third-order valence-electron chi connectivity index (χ3n) is 2.46. The predicted octanol–water partition coefficient (Wildman–Crippen LogP) is 1.48. The summed E-state index contributed by atoms with van der Waals surface area (Å²) < 4.78 is 10.4. The van der Waals surface area contributed by atoms with Crippen LogP contribution in [0.2, 0.25) is 0 Å². The maximum Gasteiger partial charge on any atom is 0.349 e. The number of carbonyl (C=O) groups is 1. The van der Waals surface area contributed by atoms with Crippen LogP contribution in [-0.4, -0.2) is 19.6 Å². The summed E-state index contributed by atoms with van der Waals surface area (Å²) in [6.07, 6.45) is 0. The topological polar surface area (TPSA) is 77.8 Å². The normalized spacial score (nSPS) is 10.4. The average Bonchev–Trinajstić information content (AvgIpc) is 2.38. The van der Waals surface area contributed by atoms with Gasteiger partial charge in [0.2, 0.25) is 0 Å². The highest BCUT2D eigenvalue weighted by atomic mass is 16.6. The zero-order valence-electron chi connectivity index (χ0n) is 10.6. The molecule has 2 rings (SSSR count). The van der Waals surface area contributed by atoms with E-state index in [-0.39, 0.29) is 5.56 Å². The monoisotopic (exact) mass is 263 g/mol. The van der Waals surface area contributed by atoms with Crippen LogP contribution in [0.1, 0.15) is 17.3 Å². The fraction of sp³-hybridized carbons (Fsp3) is 0.231. The molecule has 0 atom stereocenters. The molecule has 1 aromatic carbocycles. The molecule has 6 nitrogen and oxygen atoms in total. The van der Waals surface area contributed by atoms with Gasteiger partial charge in [-0.15, -0.1) is 0 Å². The molecular formula is C13H13NO5. The minimum atomic E-state index is -0.726. The van der Waals surface area contributed by atoms with Crippen molar-refractivity contribution in [3.63, 3.8) is 0 Å². The van der Waals surface area contributed by atoms with Gasteiger partial charge in [0.05, 0.1) is 13.7 Å². The standard InChI is InChI=1S/C13H13NO5/c1-3-18-9-5-4-8-6-10(12(15)14-17-2)13(16)19-11(8)7-9/h4-7H,3H2,1-2H3,(H,14,15). The summed E-state index contributed by atoms with van der Waals surface area (Å²) in [6.45, 7) is 2.38. The number of fused-ring (bicyclic) bond motifs is 1. The van der Waals surface area contributed by atoms with Crippen molar-refractivity contribution in [1.29, 1.82) is 0 Å². The number of benzene rings is 1. The maximum absolute atomic E-state index is 11.7. The van der Waals surface area contributed by atoms with Gasteiger partial charge in [0.25, 0.3) is 5.91 Å².